The van der Waals surface area contributed by atoms with Crippen LogP contribution >= 0.6 is 0 Å². The molecule has 0 saturated heterocycles. The Bertz CT molecular complexity index is 678. The van der Waals surface area contributed by atoms with E-state index in [-0.39, 0.29) is 5.91 Å². The Balaban J connectivity index is 2.02. The zero-order valence-electron chi connectivity index (χ0n) is 12.7. The fourth-order valence-corrected chi connectivity index (χ4v) is 2.49. The van der Waals surface area contributed by atoms with Crippen molar-refractivity contribution in [2.24, 2.45) is 0 Å². The molecule has 1 aromatic carbocycles. The topological polar surface area (TPSA) is 91.4 Å². The number of carboxylic acids is 1. The monoisotopic (exact) mass is 304 g/mol. The molecular formula is C16H20N2O4. The smallest absolute Gasteiger partial charge is 0.326 e. The molecule has 0 saturated carbocycles. The van der Waals surface area contributed by atoms with Crippen LogP contribution in [0.3, 0.4) is 0 Å². The fraction of sp³-hybridized carbons (Fsp3) is 0.375. The number of carboxylic acid groups (broad SMARTS) is 1. The summed E-state index contributed by atoms with van der Waals surface area (Å²) in [6.07, 6.45) is 3.72. The van der Waals surface area contributed by atoms with Crippen LogP contribution in [0.25, 0.3) is 10.9 Å². The molecule has 0 aliphatic carbocycles. The first-order valence-electron chi connectivity index (χ1n) is 7.15. The summed E-state index contributed by atoms with van der Waals surface area (Å²) < 4.78 is 5.23. The number of methoxy groups -OCH3 is 1. The molecule has 0 bridgehead atoms. The fourth-order valence-electron chi connectivity index (χ4n) is 2.49. The predicted octanol–water partition coefficient (Wildman–Crippen LogP) is 2.09. The van der Waals surface area contributed by atoms with Crippen LogP contribution in [0.15, 0.2) is 24.4 Å². The molecule has 1 aromatic heterocycles. The van der Waals surface area contributed by atoms with Crippen molar-refractivity contribution in [1.29, 1.82) is 0 Å². The zero-order valence-corrected chi connectivity index (χ0v) is 12.7. The van der Waals surface area contributed by atoms with Gasteiger partial charge in [-0.05, 0) is 43.0 Å². The quantitative estimate of drug-likeness (QED) is 0.730. The highest BCUT2D eigenvalue weighted by molar-refractivity contribution is 5.84. The lowest BCUT2D eigenvalue weighted by Gasteiger charge is -2.12. The number of amides is 1. The second-order valence-electron chi connectivity index (χ2n) is 5.21. The predicted molar refractivity (Wildman–Crippen MR) is 83.0 cm³/mol. The molecule has 118 valence electrons. The number of H-pyrrole nitrogens is 1. The largest absolute Gasteiger partial charge is 0.497 e. The second kappa shape index (κ2) is 6.98. The van der Waals surface area contributed by atoms with Crippen LogP contribution in [0, 0.1) is 0 Å². The van der Waals surface area contributed by atoms with Crippen LogP contribution in [0.4, 0.5) is 0 Å². The number of hydrogen-bond donors (Lipinski definition) is 3. The van der Waals surface area contributed by atoms with Gasteiger partial charge in [0.25, 0.3) is 0 Å². The van der Waals surface area contributed by atoms with Gasteiger partial charge in [-0.25, -0.2) is 4.79 Å². The minimum Gasteiger partial charge on any atom is -0.497 e. The lowest BCUT2D eigenvalue weighted by molar-refractivity contribution is -0.141. The summed E-state index contributed by atoms with van der Waals surface area (Å²) in [4.78, 5) is 25.3. The molecule has 2 rings (SSSR count). The SMILES string of the molecule is COc1ccc2[nH]cc(CCCC(NC(C)=O)C(=O)O)c2c1. The van der Waals surface area contributed by atoms with E-state index < -0.39 is 12.0 Å². The van der Waals surface area contributed by atoms with Crippen LogP contribution < -0.4 is 10.1 Å². The summed E-state index contributed by atoms with van der Waals surface area (Å²) in [7, 11) is 1.62. The van der Waals surface area contributed by atoms with Gasteiger partial charge in [0.05, 0.1) is 7.11 Å². The number of hydrogen-bond acceptors (Lipinski definition) is 3. The van der Waals surface area contributed by atoms with E-state index >= 15 is 0 Å². The van der Waals surface area contributed by atoms with Crippen molar-refractivity contribution in [3.63, 3.8) is 0 Å². The van der Waals surface area contributed by atoms with Crippen molar-refractivity contribution in [2.75, 3.05) is 7.11 Å². The maximum absolute atomic E-state index is 11.1. The number of aromatic nitrogens is 1. The van der Waals surface area contributed by atoms with Gasteiger partial charge < -0.3 is 20.1 Å². The van der Waals surface area contributed by atoms with Crippen LogP contribution in [0.1, 0.15) is 25.3 Å². The number of benzene rings is 1. The Labute approximate surface area is 128 Å². The summed E-state index contributed by atoms with van der Waals surface area (Å²) in [6.45, 7) is 1.32. The standard InChI is InChI=1S/C16H20N2O4/c1-10(19)18-15(16(20)21)5-3-4-11-9-17-14-7-6-12(22-2)8-13(11)14/h6-9,15,17H,3-5H2,1-2H3,(H,18,19)(H,20,21). The van der Waals surface area contributed by atoms with Crippen molar-refractivity contribution in [3.05, 3.63) is 30.0 Å². The highest BCUT2D eigenvalue weighted by atomic mass is 16.5. The van der Waals surface area contributed by atoms with Gasteiger partial charge >= 0.3 is 5.97 Å². The van der Waals surface area contributed by atoms with Crippen molar-refractivity contribution in [1.82, 2.24) is 10.3 Å². The van der Waals surface area contributed by atoms with Gasteiger partial charge in [0.15, 0.2) is 0 Å². The number of aromatic amines is 1. The third-order valence-electron chi connectivity index (χ3n) is 3.59. The van der Waals surface area contributed by atoms with Gasteiger partial charge in [0, 0.05) is 24.0 Å². The molecule has 0 fully saturated rings. The van der Waals surface area contributed by atoms with Gasteiger partial charge in [-0.3, -0.25) is 4.79 Å². The Kier molecular flexibility index (Phi) is 5.04. The first kappa shape index (κ1) is 15.9. The number of aryl methyl sites for hydroxylation is 1. The molecular weight excluding hydrogens is 284 g/mol. The number of rotatable bonds is 7. The summed E-state index contributed by atoms with van der Waals surface area (Å²) >= 11 is 0. The van der Waals surface area contributed by atoms with Crippen molar-refractivity contribution >= 4 is 22.8 Å². The molecule has 1 heterocycles. The Morgan fingerprint density at radius 1 is 1.41 bits per heavy atom. The van der Waals surface area contributed by atoms with Gasteiger partial charge in [-0.15, -0.1) is 0 Å². The second-order valence-corrected chi connectivity index (χ2v) is 5.21. The molecule has 1 unspecified atom stereocenters. The zero-order chi connectivity index (χ0) is 16.1. The van der Waals surface area contributed by atoms with E-state index in [1.807, 2.05) is 24.4 Å². The first-order chi connectivity index (χ1) is 10.5. The van der Waals surface area contributed by atoms with E-state index in [2.05, 4.69) is 10.3 Å². The van der Waals surface area contributed by atoms with Crippen molar-refractivity contribution < 1.29 is 19.4 Å². The number of fused-ring (bicyclic) bond motifs is 1. The third kappa shape index (κ3) is 3.78. The Morgan fingerprint density at radius 2 is 2.18 bits per heavy atom. The molecule has 0 radical (unpaired) electrons. The average molecular weight is 304 g/mol. The van der Waals surface area contributed by atoms with Crippen LogP contribution in [-0.2, 0) is 16.0 Å². The molecule has 1 atom stereocenters. The van der Waals surface area contributed by atoms with Crippen molar-refractivity contribution in [2.45, 2.75) is 32.2 Å². The van der Waals surface area contributed by atoms with Gasteiger partial charge in [0.1, 0.15) is 11.8 Å². The molecule has 2 aromatic rings. The number of ether oxygens (including phenoxy) is 1. The van der Waals surface area contributed by atoms with E-state index in [4.69, 9.17) is 9.84 Å². The summed E-state index contributed by atoms with van der Waals surface area (Å²) in [5.41, 5.74) is 2.13. The lowest BCUT2D eigenvalue weighted by atomic mass is 10.0. The molecule has 22 heavy (non-hydrogen) atoms. The minimum atomic E-state index is -1.00. The first-order valence-corrected chi connectivity index (χ1v) is 7.15. The Morgan fingerprint density at radius 3 is 2.82 bits per heavy atom. The number of carbonyl (C=O) groups excluding carboxylic acids is 1. The van der Waals surface area contributed by atoms with E-state index in [9.17, 15) is 9.59 Å². The number of carbonyl (C=O) groups is 2. The van der Waals surface area contributed by atoms with E-state index in [1.165, 1.54) is 6.92 Å². The van der Waals surface area contributed by atoms with Gasteiger partial charge in [0.2, 0.25) is 5.91 Å². The molecule has 0 aliphatic heterocycles. The molecule has 0 spiro atoms. The third-order valence-corrected chi connectivity index (χ3v) is 3.59. The highest BCUT2D eigenvalue weighted by Crippen LogP contribution is 2.24. The van der Waals surface area contributed by atoms with Gasteiger partial charge in [-0.2, -0.15) is 0 Å². The molecule has 6 nitrogen and oxygen atoms in total. The summed E-state index contributed by atoms with van der Waals surface area (Å²) in [5, 5.41) is 12.6. The maximum atomic E-state index is 11.1. The summed E-state index contributed by atoms with van der Waals surface area (Å²) in [6, 6.07) is 4.97. The van der Waals surface area contributed by atoms with Crippen LogP contribution in [0.2, 0.25) is 0 Å². The molecule has 0 aliphatic rings. The maximum Gasteiger partial charge on any atom is 0.326 e. The van der Waals surface area contributed by atoms with Crippen molar-refractivity contribution in [3.8, 4) is 5.75 Å². The van der Waals surface area contributed by atoms with Crippen LogP contribution in [-0.4, -0.2) is 35.1 Å². The van der Waals surface area contributed by atoms with E-state index in [1.54, 1.807) is 7.11 Å². The van der Waals surface area contributed by atoms with Gasteiger partial charge in [-0.1, -0.05) is 0 Å². The minimum absolute atomic E-state index is 0.329. The van der Waals surface area contributed by atoms with Crippen LogP contribution in [0.5, 0.6) is 5.75 Å². The average Bonchev–Trinajstić information content (AvgIpc) is 2.88. The molecule has 3 N–H and O–H groups in total. The number of nitrogens with one attached hydrogen (secondary N) is 2. The normalized spacial score (nSPS) is 12.1. The molecule has 6 heteroatoms. The molecule has 1 amide bonds. The van der Waals surface area contributed by atoms with E-state index in [0.717, 1.165) is 28.6 Å². The summed E-state index contributed by atoms with van der Waals surface area (Å²) in [5.74, 6) is -0.546. The lowest BCUT2D eigenvalue weighted by Crippen LogP contribution is -2.39. The number of aliphatic carboxylic acids is 1. The Hall–Kier alpha value is -2.50. The highest BCUT2D eigenvalue weighted by Gasteiger charge is 2.17. The van der Waals surface area contributed by atoms with E-state index in [0.29, 0.717) is 12.8 Å².